The Bertz CT molecular complexity index is 3170. The van der Waals surface area contributed by atoms with E-state index in [1.165, 1.54) is 89.8 Å². The van der Waals surface area contributed by atoms with Crippen molar-refractivity contribution in [1.29, 1.82) is 0 Å². The van der Waals surface area contributed by atoms with Gasteiger partial charge >= 0.3 is 0 Å². The molecule has 1 nitrogen and oxygen atoms in total. The summed E-state index contributed by atoms with van der Waals surface area (Å²) < 4.78 is 5.22. The van der Waals surface area contributed by atoms with Gasteiger partial charge in [0.05, 0.1) is 10.4 Å². The fraction of sp³-hybridized carbons (Fsp3) is 0. The minimum absolute atomic E-state index is 1.13. The van der Waals surface area contributed by atoms with Gasteiger partial charge in [-0.05, 0) is 86.3 Å². The van der Waals surface area contributed by atoms with Crippen LogP contribution >= 0.6 is 22.7 Å². The number of rotatable bonds is 5. The Balaban J connectivity index is 1.08. The predicted molar refractivity (Wildman–Crippen MR) is 233 cm³/mol. The number of fused-ring (bicyclic) bond motifs is 9. The lowest BCUT2D eigenvalue weighted by Gasteiger charge is -2.26. The Labute approximate surface area is 315 Å². The Morgan fingerprint density at radius 3 is 1.85 bits per heavy atom. The molecule has 0 aliphatic carbocycles. The number of nitrogens with zero attached hydrogens (tertiary/aromatic N) is 1. The smallest absolute Gasteiger partial charge is 0.0640 e. The van der Waals surface area contributed by atoms with E-state index < -0.39 is 0 Å². The van der Waals surface area contributed by atoms with Gasteiger partial charge in [-0.15, -0.1) is 22.7 Å². The summed E-state index contributed by atoms with van der Waals surface area (Å²) in [5.41, 5.74) is 8.43. The Kier molecular flexibility index (Phi) is 6.97. The van der Waals surface area contributed by atoms with Gasteiger partial charge in [-0.3, -0.25) is 0 Å². The molecule has 0 spiro atoms. The molecule has 248 valence electrons. The molecule has 0 saturated carbocycles. The van der Waals surface area contributed by atoms with Gasteiger partial charge in [-0.2, -0.15) is 0 Å². The van der Waals surface area contributed by atoms with Crippen LogP contribution in [0.3, 0.4) is 0 Å². The lowest BCUT2D eigenvalue weighted by molar-refractivity contribution is 1.31. The zero-order valence-electron chi connectivity index (χ0n) is 28.7. The maximum atomic E-state index is 2.46. The van der Waals surface area contributed by atoms with Crippen molar-refractivity contribution in [1.82, 2.24) is 0 Å². The van der Waals surface area contributed by atoms with Gasteiger partial charge in [0.1, 0.15) is 0 Å². The van der Waals surface area contributed by atoms with Crippen LogP contribution in [0.4, 0.5) is 17.1 Å². The van der Waals surface area contributed by atoms with E-state index in [1.807, 2.05) is 22.7 Å². The highest BCUT2D eigenvalue weighted by molar-refractivity contribution is 7.27. The average Bonchev–Trinajstić information content (AvgIpc) is 3.80. The van der Waals surface area contributed by atoms with Crippen LogP contribution in [0.2, 0.25) is 0 Å². The summed E-state index contributed by atoms with van der Waals surface area (Å²) in [5.74, 6) is 0. The molecule has 0 N–H and O–H groups in total. The lowest BCUT2D eigenvalue weighted by atomic mass is 9.97. The zero-order valence-corrected chi connectivity index (χ0v) is 30.3. The molecule has 0 radical (unpaired) electrons. The first kappa shape index (κ1) is 30.4. The van der Waals surface area contributed by atoms with E-state index in [9.17, 15) is 0 Å². The summed E-state index contributed by atoms with van der Waals surface area (Å²) in [6.45, 7) is 0. The highest BCUT2D eigenvalue weighted by Crippen LogP contribution is 2.48. The summed E-state index contributed by atoms with van der Waals surface area (Å²) in [6, 6.07) is 69.1. The monoisotopic (exact) mass is 709 g/mol. The largest absolute Gasteiger partial charge is 0.309 e. The zero-order chi connectivity index (χ0) is 34.9. The van der Waals surface area contributed by atoms with E-state index in [0.717, 1.165) is 11.4 Å². The molecule has 0 aliphatic rings. The third kappa shape index (κ3) is 4.97. The van der Waals surface area contributed by atoms with Gasteiger partial charge in [0.25, 0.3) is 0 Å². The van der Waals surface area contributed by atoms with Crippen molar-refractivity contribution in [2.24, 2.45) is 0 Å². The van der Waals surface area contributed by atoms with Crippen molar-refractivity contribution in [3.8, 4) is 22.3 Å². The highest BCUT2D eigenvalue weighted by Gasteiger charge is 2.20. The summed E-state index contributed by atoms with van der Waals surface area (Å²) in [7, 11) is 0. The molecule has 0 fully saturated rings. The minimum Gasteiger partial charge on any atom is -0.309 e. The first-order valence-electron chi connectivity index (χ1n) is 18.0. The molecule has 0 saturated heterocycles. The highest BCUT2D eigenvalue weighted by atomic mass is 32.1. The van der Waals surface area contributed by atoms with E-state index >= 15 is 0 Å². The van der Waals surface area contributed by atoms with Crippen LogP contribution in [0.15, 0.2) is 188 Å². The van der Waals surface area contributed by atoms with Crippen molar-refractivity contribution in [3.63, 3.8) is 0 Å². The molecule has 0 aliphatic heterocycles. The third-order valence-corrected chi connectivity index (χ3v) is 13.1. The van der Waals surface area contributed by atoms with Gasteiger partial charge in [0.15, 0.2) is 0 Å². The molecular formula is C50H31NS2. The van der Waals surface area contributed by atoms with E-state index in [0.29, 0.717) is 0 Å². The second-order valence-electron chi connectivity index (χ2n) is 13.7. The van der Waals surface area contributed by atoms with Gasteiger partial charge in [0.2, 0.25) is 0 Å². The first-order chi connectivity index (χ1) is 26.3. The SMILES string of the molecule is c1ccc(-c2cccc3c2sc2c(N(c4ccc(-c5ccc6c(ccc7ccccc76)c5)cc4)c4ccc5c(c4)sc4ccccc45)cccc23)cc1. The van der Waals surface area contributed by atoms with E-state index in [4.69, 9.17) is 0 Å². The van der Waals surface area contributed by atoms with Gasteiger partial charge in [0, 0.05) is 47.0 Å². The second-order valence-corrected chi connectivity index (χ2v) is 15.8. The van der Waals surface area contributed by atoms with Crippen molar-refractivity contribution in [2.75, 3.05) is 4.90 Å². The van der Waals surface area contributed by atoms with Crippen LogP contribution in [0, 0.1) is 0 Å². The molecule has 11 rings (SSSR count). The second kappa shape index (κ2) is 12.2. The van der Waals surface area contributed by atoms with Crippen molar-refractivity contribution >= 4 is 102 Å². The number of hydrogen-bond acceptors (Lipinski definition) is 3. The number of hydrogen-bond donors (Lipinski definition) is 0. The number of benzene rings is 9. The minimum atomic E-state index is 1.13. The van der Waals surface area contributed by atoms with E-state index in [1.54, 1.807) is 0 Å². The van der Waals surface area contributed by atoms with Crippen LogP contribution in [-0.4, -0.2) is 0 Å². The number of thiophene rings is 2. The van der Waals surface area contributed by atoms with Crippen LogP contribution in [0.1, 0.15) is 0 Å². The molecule has 2 heterocycles. The Morgan fingerprint density at radius 1 is 0.321 bits per heavy atom. The van der Waals surface area contributed by atoms with Crippen LogP contribution in [0.25, 0.3) is 84.1 Å². The molecular weight excluding hydrogens is 679 g/mol. The van der Waals surface area contributed by atoms with E-state index in [-0.39, 0.29) is 0 Å². The average molecular weight is 710 g/mol. The van der Waals surface area contributed by atoms with E-state index in [2.05, 4.69) is 193 Å². The van der Waals surface area contributed by atoms with Crippen molar-refractivity contribution in [3.05, 3.63) is 188 Å². The maximum Gasteiger partial charge on any atom is 0.0640 e. The predicted octanol–water partition coefficient (Wildman–Crippen LogP) is 15.5. The lowest BCUT2D eigenvalue weighted by Crippen LogP contribution is -2.09. The maximum absolute atomic E-state index is 2.46. The van der Waals surface area contributed by atoms with Crippen molar-refractivity contribution < 1.29 is 0 Å². The van der Waals surface area contributed by atoms with Crippen LogP contribution in [0.5, 0.6) is 0 Å². The van der Waals surface area contributed by atoms with Crippen LogP contribution < -0.4 is 4.90 Å². The third-order valence-electron chi connectivity index (χ3n) is 10.7. The molecule has 11 aromatic rings. The normalized spacial score (nSPS) is 11.8. The number of anilines is 3. The fourth-order valence-electron chi connectivity index (χ4n) is 8.10. The summed E-state index contributed by atoms with van der Waals surface area (Å²) >= 11 is 3.77. The summed E-state index contributed by atoms with van der Waals surface area (Å²) in [4.78, 5) is 2.46. The molecule has 0 unspecified atom stereocenters. The molecule has 53 heavy (non-hydrogen) atoms. The molecule has 0 atom stereocenters. The summed E-state index contributed by atoms with van der Waals surface area (Å²) in [6.07, 6.45) is 0. The topological polar surface area (TPSA) is 3.24 Å². The Hall–Kier alpha value is -6.26. The van der Waals surface area contributed by atoms with Crippen molar-refractivity contribution in [2.45, 2.75) is 0 Å². The molecule has 9 aromatic carbocycles. The van der Waals surface area contributed by atoms with Crippen LogP contribution in [-0.2, 0) is 0 Å². The molecule has 0 amide bonds. The quantitative estimate of drug-likeness (QED) is 0.161. The molecule has 0 bridgehead atoms. The fourth-order valence-corrected chi connectivity index (χ4v) is 10.6. The summed E-state index contributed by atoms with van der Waals surface area (Å²) in [5, 5.41) is 10.3. The standard InChI is InChI=1S/C50H31NS2/c1-2-10-33(11-3-1)41-15-8-16-44-45-17-9-18-46(50(45)53-49(41)44)51(38-27-29-43-42-14-6-7-19-47(42)52-48(43)31-38)37-25-22-32(23-26-37)35-24-28-40-36(30-35)21-20-34-12-4-5-13-39(34)40/h1-31H. The van der Waals surface area contributed by atoms with Gasteiger partial charge < -0.3 is 4.90 Å². The molecule has 3 heteroatoms. The first-order valence-corrected chi connectivity index (χ1v) is 19.6. The molecule has 2 aromatic heterocycles. The van der Waals surface area contributed by atoms with Gasteiger partial charge in [-0.25, -0.2) is 0 Å². The van der Waals surface area contributed by atoms with Gasteiger partial charge in [-0.1, -0.05) is 146 Å². The Morgan fingerprint density at radius 2 is 0.962 bits per heavy atom.